The van der Waals surface area contributed by atoms with Crippen molar-refractivity contribution in [2.24, 2.45) is 0 Å². The first kappa shape index (κ1) is 14.2. The van der Waals surface area contributed by atoms with E-state index < -0.39 is 0 Å². The van der Waals surface area contributed by atoms with Gasteiger partial charge < -0.3 is 10.2 Å². The number of benzene rings is 1. The first-order valence-electron chi connectivity index (χ1n) is 5.96. The number of halogens is 1. The van der Waals surface area contributed by atoms with Crippen molar-refractivity contribution in [1.82, 2.24) is 10.2 Å². The molecular weight excluding hydrogens is 284 g/mol. The predicted octanol–water partition coefficient (Wildman–Crippen LogP) is 2.05. The van der Waals surface area contributed by atoms with Crippen molar-refractivity contribution in [3.63, 3.8) is 0 Å². The molecule has 1 atom stereocenters. The van der Waals surface area contributed by atoms with Crippen LogP contribution in [0.15, 0.2) is 24.3 Å². The second kappa shape index (κ2) is 6.30. The Hall–Kier alpha value is -1.20. The van der Waals surface area contributed by atoms with Gasteiger partial charge in [-0.1, -0.05) is 23.7 Å². The standard InChI is InChI=1S/C13H15ClN2O2S/c1-9(10-3-2-4-11(14)5-10)15-12(17)6-16-8-19-7-13(16)18/h2-5,9H,6-8H2,1H3,(H,15,17)/t9-/m0/s1. The van der Waals surface area contributed by atoms with Crippen molar-refractivity contribution in [2.75, 3.05) is 18.2 Å². The van der Waals surface area contributed by atoms with Crippen LogP contribution in [0.5, 0.6) is 0 Å². The lowest BCUT2D eigenvalue weighted by Crippen LogP contribution is -2.39. The molecule has 2 amide bonds. The largest absolute Gasteiger partial charge is 0.348 e. The fourth-order valence-corrected chi connectivity index (χ4v) is 2.96. The molecule has 4 nitrogen and oxygen atoms in total. The van der Waals surface area contributed by atoms with Gasteiger partial charge in [0.2, 0.25) is 11.8 Å². The van der Waals surface area contributed by atoms with Crippen molar-refractivity contribution in [3.05, 3.63) is 34.9 Å². The second-order valence-electron chi connectivity index (χ2n) is 4.41. The number of carbonyl (C=O) groups excluding carboxylic acids is 2. The maximum Gasteiger partial charge on any atom is 0.240 e. The zero-order valence-electron chi connectivity index (χ0n) is 10.6. The van der Waals surface area contributed by atoms with Gasteiger partial charge in [0, 0.05) is 5.02 Å². The highest BCUT2D eigenvalue weighted by atomic mass is 35.5. The van der Waals surface area contributed by atoms with E-state index in [4.69, 9.17) is 11.6 Å². The van der Waals surface area contributed by atoms with Gasteiger partial charge in [-0.2, -0.15) is 0 Å². The van der Waals surface area contributed by atoms with Crippen molar-refractivity contribution in [3.8, 4) is 0 Å². The van der Waals surface area contributed by atoms with Crippen LogP contribution in [0.1, 0.15) is 18.5 Å². The van der Waals surface area contributed by atoms with E-state index >= 15 is 0 Å². The molecule has 1 aromatic carbocycles. The van der Waals surface area contributed by atoms with E-state index in [2.05, 4.69) is 5.32 Å². The number of nitrogens with zero attached hydrogens (tertiary/aromatic N) is 1. The molecule has 1 N–H and O–H groups in total. The molecule has 0 saturated carbocycles. The summed E-state index contributed by atoms with van der Waals surface area (Å²) in [6.07, 6.45) is 0. The smallest absolute Gasteiger partial charge is 0.240 e. The van der Waals surface area contributed by atoms with E-state index in [1.807, 2.05) is 25.1 Å². The van der Waals surface area contributed by atoms with E-state index in [1.54, 1.807) is 11.0 Å². The lowest BCUT2D eigenvalue weighted by Gasteiger charge is -2.18. The van der Waals surface area contributed by atoms with Gasteiger partial charge >= 0.3 is 0 Å². The van der Waals surface area contributed by atoms with Gasteiger partial charge in [-0.25, -0.2) is 0 Å². The normalized spacial score (nSPS) is 16.5. The van der Waals surface area contributed by atoms with Gasteiger partial charge in [0.15, 0.2) is 0 Å². The Bertz CT molecular complexity index is 495. The van der Waals surface area contributed by atoms with Gasteiger partial charge in [-0.05, 0) is 24.6 Å². The number of thioether (sulfide) groups is 1. The van der Waals surface area contributed by atoms with Crippen LogP contribution >= 0.6 is 23.4 Å². The third kappa shape index (κ3) is 3.88. The minimum Gasteiger partial charge on any atom is -0.348 e. The summed E-state index contributed by atoms with van der Waals surface area (Å²) in [5.74, 6) is 0.938. The lowest BCUT2D eigenvalue weighted by atomic mass is 10.1. The van der Waals surface area contributed by atoms with Crippen molar-refractivity contribution >= 4 is 35.2 Å². The summed E-state index contributed by atoms with van der Waals surface area (Å²) in [7, 11) is 0. The van der Waals surface area contributed by atoms with Crippen LogP contribution in [0.4, 0.5) is 0 Å². The third-order valence-electron chi connectivity index (χ3n) is 2.89. The van der Waals surface area contributed by atoms with Crippen LogP contribution in [0.3, 0.4) is 0 Å². The number of hydrogen-bond donors (Lipinski definition) is 1. The summed E-state index contributed by atoms with van der Waals surface area (Å²) in [6, 6.07) is 7.24. The van der Waals surface area contributed by atoms with Gasteiger partial charge in [0.25, 0.3) is 0 Å². The van der Waals surface area contributed by atoms with Crippen LogP contribution in [-0.2, 0) is 9.59 Å². The fourth-order valence-electron chi connectivity index (χ4n) is 1.86. The van der Waals surface area contributed by atoms with Crippen LogP contribution in [0.2, 0.25) is 5.02 Å². The van der Waals surface area contributed by atoms with Crippen molar-refractivity contribution in [2.45, 2.75) is 13.0 Å². The van der Waals surface area contributed by atoms with E-state index in [1.165, 1.54) is 11.8 Å². The molecule has 2 rings (SSSR count). The number of amides is 2. The predicted molar refractivity (Wildman–Crippen MR) is 77.0 cm³/mol. The van der Waals surface area contributed by atoms with Gasteiger partial charge in [-0.15, -0.1) is 11.8 Å². The lowest BCUT2D eigenvalue weighted by molar-refractivity contribution is -0.132. The molecule has 1 fully saturated rings. The zero-order chi connectivity index (χ0) is 13.8. The summed E-state index contributed by atoms with van der Waals surface area (Å²) in [5.41, 5.74) is 0.947. The molecule has 0 bridgehead atoms. The highest BCUT2D eigenvalue weighted by molar-refractivity contribution is 8.00. The third-order valence-corrected chi connectivity index (χ3v) is 4.07. The molecule has 1 aliphatic heterocycles. The average Bonchev–Trinajstić information content (AvgIpc) is 2.75. The molecule has 0 aliphatic carbocycles. The van der Waals surface area contributed by atoms with Gasteiger partial charge in [0.05, 0.1) is 17.7 Å². The number of carbonyl (C=O) groups is 2. The van der Waals surface area contributed by atoms with Crippen LogP contribution in [0, 0.1) is 0 Å². The Kier molecular flexibility index (Phi) is 4.71. The summed E-state index contributed by atoms with van der Waals surface area (Å²) in [5, 5.41) is 3.51. The molecule has 0 unspecified atom stereocenters. The SMILES string of the molecule is C[C@H](NC(=O)CN1CSCC1=O)c1cccc(Cl)c1. The topological polar surface area (TPSA) is 49.4 Å². The summed E-state index contributed by atoms with van der Waals surface area (Å²) in [6.45, 7) is 2.01. The molecule has 0 radical (unpaired) electrons. The second-order valence-corrected chi connectivity index (χ2v) is 5.81. The Balaban J connectivity index is 1.89. The summed E-state index contributed by atoms with van der Waals surface area (Å²) < 4.78 is 0. The molecule has 19 heavy (non-hydrogen) atoms. The number of nitrogens with one attached hydrogen (secondary N) is 1. The maximum atomic E-state index is 11.9. The van der Waals surface area contributed by atoms with Gasteiger partial charge in [0.1, 0.15) is 6.54 Å². The van der Waals surface area contributed by atoms with Crippen molar-refractivity contribution < 1.29 is 9.59 Å². The van der Waals surface area contributed by atoms with Crippen LogP contribution in [-0.4, -0.2) is 34.9 Å². The molecule has 1 heterocycles. The van der Waals surface area contributed by atoms with Crippen LogP contribution in [0.25, 0.3) is 0 Å². The molecule has 0 spiro atoms. The quantitative estimate of drug-likeness (QED) is 0.925. The summed E-state index contributed by atoms with van der Waals surface area (Å²) in [4.78, 5) is 24.8. The molecule has 6 heteroatoms. The first-order valence-corrected chi connectivity index (χ1v) is 7.50. The average molecular weight is 299 g/mol. The fraction of sp³-hybridized carbons (Fsp3) is 0.385. The zero-order valence-corrected chi connectivity index (χ0v) is 12.1. The van der Waals surface area contributed by atoms with E-state index in [0.717, 1.165) is 5.56 Å². The molecular formula is C13H15ClN2O2S. The molecule has 102 valence electrons. The Morgan fingerprint density at radius 1 is 1.58 bits per heavy atom. The van der Waals surface area contributed by atoms with Gasteiger partial charge in [-0.3, -0.25) is 9.59 Å². The highest BCUT2D eigenvalue weighted by Crippen LogP contribution is 2.18. The summed E-state index contributed by atoms with van der Waals surface area (Å²) >= 11 is 7.44. The molecule has 1 aliphatic rings. The van der Waals surface area contributed by atoms with E-state index in [9.17, 15) is 9.59 Å². The Morgan fingerprint density at radius 2 is 2.37 bits per heavy atom. The monoisotopic (exact) mass is 298 g/mol. The molecule has 1 aromatic rings. The van der Waals surface area contributed by atoms with Crippen LogP contribution < -0.4 is 5.32 Å². The number of hydrogen-bond acceptors (Lipinski definition) is 3. The minimum atomic E-state index is -0.150. The highest BCUT2D eigenvalue weighted by Gasteiger charge is 2.23. The van der Waals surface area contributed by atoms with E-state index in [0.29, 0.717) is 16.7 Å². The Labute approximate surface area is 121 Å². The van der Waals surface area contributed by atoms with E-state index in [-0.39, 0.29) is 24.4 Å². The molecule has 0 aromatic heterocycles. The minimum absolute atomic E-state index is 0.0237. The maximum absolute atomic E-state index is 11.9. The Morgan fingerprint density at radius 3 is 3.00 bits per heavy atom. The number of rotatable bonds is 4. The molecule has 1 saturated heterocycles. The first-order chi connectivity index (χ1) is 9.06. The van der Waals surface area contributed by atoms with Crippen molar-refractivity contribution in [1.29, 1.82) is 0 Å².